The standard InChI is InChI=1S/C13H26N2O2S/c1-11-5-4-6-13(11)15-18(16,17)10-3-2-9-14-12-7-8-12/h11-15H,2-10H2,1H3. The Hall–Kier alpha value is -0.130. The van der Waals surface area contributed by atoms with Crippen LogP contribution in [0.1, 0.15) is 51.9 Å². The topological polar surface area (TPSA) is 58.2 Å². The van der Waals surface area contributed by atoms with Gasteiger partial charge in [-0.1, -0.05) is 13.3 Å². The third kappa shape index (κ3) is 4.86. The molecule has 0 aromatic carbocycles. The second kappa shape index (κ2) is 6.35. The summed E-state index contributed by atoms with van der Waals surface area (Å²) in [5, 5.41) is 3.41. The van der Waals surface area contributed by atoms with Crippen LogP contribution >= 0.6 is 0 Å². The van der Waals surface area contributed by atoms with E-state index in [0.717, 1.165) is 44.7 Å². The van der Waals surface area contributed by atoms with Crippen molar-refractivity contribution in [3.8, 4) is 0 Å². The molecule has 2 aliphatic carbocycles. The second-order valence-corrected chi connectivity index (χ2v) is 7.76. The number of nitrogens with one attached hydrogen (secondary N) is 2. The zero-order valence-electron chi connectivity index (χ0n) is 11.3. The summed E-state index contributed by atoms with van der Waals surface area (Å²) in [6, 6.07) is 0.902. The number of rotatable bonds is 8. The molecular formula is C13H26N2O2S. The molecule has 2 fully saturated rings. The number of sulfonamides is 1. The fourth-order valence-corrected chi connectivity index (χ4v) is 4.13. The smallest absolute Gasteiger partial charge is 0.211 e. The van der Waals surface area contributed by atoms with Crippen molar-refractivity contribution >= 4 is 10.0 Å². The van der Waals surface area contributed by atoms with Gasteiger partial charge in [0.25, 0.3) is 0 Å². The monoisotopic (exact) mass is 274 g/mol. The Morgan fingerprint density at radius 3 is 2.50 bits per heavy atom. The molecule has 0 saturated heterocycles. The molecule has 5 heteroatoms. The molecule has 0 radical (unpaired) electrons. The SMILES string of the molecule is CC1CCCC1NS(=O)(=O)CCCCNC1CC1. The van der Waals surface area contributed by atoms with Crippen molar-refractivity contribution in [2.24, 2.45) is 5.92 Å². The average molecular weight is 274 g/mol. The van der Waals surface area contributed by atoms with Gasteiger partial charge in [0, 0.05) is 12.1 Å². The van der Waals surface area contributed by atoms with Crippen molar-refractivity contribution in [2.75, 3.05) is 12.3 Å². The van der Waals surface area contributed by atoms with Gasteiger partial charge in [-0.15, -0.1) is 0 Å². The molecular weight excluding hydrogens is 248 g/mol. The molecule has 0 aromatic heterocycles. The first-order valence-electron chi connectivity index (χ1n) is 7.30. The Balaban J connectivity index is 1.60. The molecule has 2 saturated carbocycles. The van der Waals surface area contributed by atoms with Crippen molar-refractivity contribution in [3.05, 3.63) is 0 Å². The van der Waals surface area contributed by atoms with Crippen LogP contribution in [-0.2, 0) is 10.0 Å². The highest BCUT2D eigenvalue weighted by molar-refractivity contribution is 7.89. The van der Waals surface area contributed by atoms with E-state index in [9.17, 15) is 8.42 Å². The Morgan fingerprint density at radius 1 is 1.11 bits per heavy atom. The predicted octanol–water partition coefficient (Wildman–Crippen LogP) is 1.63. The van der Waals surface area contributed by atoms with Crippen LogP contribution in [0.25, 0.3) is 0 Å². The van der Waals surface area contributed by atoms with Crippen LogP contribution < -0.4 is 10.0 Å². The van der Waals surface area contributed by atoms with Gasteiger partial charge >= 0.3 is 0 Å². The summed E-state index contributed by atoms with van der Waals surface area (Å²) in [4.78, 5) is 0. The Bertz CT molecular complexity index is 352. The van der Waals surface area contributed by atoms with E-state index in [2.05, 4.69) is 17.0 Å². The van der Waals surface area contributed by atoms with Gasteiger partial charge in [0.15, 0.2) is 0 Å². The molecule has 4 nitrogen and oxygen atoms in total. The van der Waals surface area contributed by atoms with Crippen LogP contribution in [0.3, 0.4) is 0 Å². The summed E-state index contributed by atoms with van der Waals surface area (Å²) in [6.07, 6.45) is 7.61. The van der Waals surface area contributed by atoms with Gasteiger partial charge in [-0.2, -0.15) is 0 Å². The highest BCUT2D eigenvalue weighted by Crippen LogP contribution is 2.25. The molecule has 0 bridgehead atoms. The number of hydrogen-bond donors (Lipinski definition) is 2. The van der Waals surface area contributed by atoms with E-state index in [0.29, 0.717) is 5.92 Å². The normalized spacial score (nSPS) is 28.7. The summed E-state index contributed by atoms with van der Waals surface area (Å²) in [7, 11) is -3.06. The lowest BCUT2D eigenvalue weighted by molar-refractivity contribution is 0.475. The molecule has 0 heterocycles. The van der Waals surface area contributed by atoms with Gasteiger partial charge in [-0.05, 0) is 51.0 Å². The maximum atomic E-state index is 11.9. The lowest BCUT2D eigenvalue weighted by Gasteiger charge is -2.17. The van der Waals surface area contributed by atoms with Gasteiger partial charge < -0.3 is 5.32 Å². The zero-order chi connectivity index (χ0) is 13.0. The highest BCUT2D eigenvalue weighted by Gasteiger charge is 2.27. The first-order valence-corrected chi connectivity index (χ1v) is 8.95. The van der Waals surface area contributed by atoms with Gasteiger partial charge in [-0.3, -0.25) is 0 Å². The third-order valence-electron chi connectivity index (χ3n) is 4.04. The van der Waals surface area contributed by atoms with E-state index in [1.54, 1.807) is 0 Å². The zero-order valence-corrected chi connectivity index (χ0v) is 12.1. The summed E-state index contributed by atoms with van der Waals surface area (Å²) in [5.41, 5.74) is 0. The van der Waals surface area contributed by atoms with Crippen LogP contribution in [0, 0.1) is 5.92 Å². The van der Waals surface area contributed by atoms with Gasteiger partial charge in [0.1, 0.15) is 0 Å². The lowest BCUT2D eigenvalue weighted by atomic mass is 10.1. The van der Waals surface area contributed by atoms with Gasteiger partial charge in [0.2, 0.25) is 10.0 Å². The van der Waals surface area contributed by atoms with Gasteiger partial charge in [-0.25, -0.2) is 13.1 Å². The average Bonchev–Trinajstić information content (AvgIpc) is 3.04. The van der Waals surface area contributed by atoms with Crippen LogP contribution in [0.15, 0.2) is 0 Å². The summed E-state index contributed by atoms with van der Waals surface area (Å²) < 4.78 is 26.7. The minimum Gasteiger partial charge on any atom is -0.314 e. The fourth-order valence-electron chi connectivity index (χ4n) is 2.62. The van der Waals surface area contributed by atoms with Crippen molar-refractivity contribution in [2.45, 2.75) is 64.0 Å². The van der Waals surface area contributed by atoms with E-state index in [-0.39, 0.29) is 11.8 Å². The molecule has 2 aliphatic rings. The first kappa shape index (κ1) is 14.3. The lowest BCUT2D eigenvalue weighted by Crippen LogP contribution is -2.37. The minimum absolute atomic E-state index is 0.180. The number of hydrogen-bond acceptors (Lipinski definition) is 3. The van der Waals surface area contributed by atoms with Crippen molar-refractivity contribution in [1.82, 2.24) is 10.0 Å². The maximum absolute atomic E-state index is 11.9. The Morgan fingerprint density at radius 2 is 1.89 bits per heavy atom. The molecule has 2 N–H and O–H groups in total. The molecule has 0 aromatic rings. The Kier molecular flexibility index (Phi) is 5.04. The van der Waals surface area contributed by atoms with Gasteiger partial charge in [0.05, 0.1) is 5.75 Å². The first-order chi connectivity index (χ1) is 8.57. The second-order valence-electron chi connectivity index (χ2n) is 5.89. The van der Waals surface area contributed by atoms with Crippen LogP contribution in [0.4, 0.5) is 0 Å². The van der Waals surface area contributed by atoms with Crippen LogP contribution in [0.5, 0.6) is 0 Å². The molecule has 2 unspecified atom stereocenters. The third-order valence-corrected chi connectivity index (χ3v) is 5.53. The molecule has 0 aliphatic heterocycles. The van der Waals surface area contributed by atoms with Crippen molar-refractivity contribution < 1.29 is 8.42 Å². The largest absolute Gasteiger partial charge is 0.314 e. The quantitative estimate of drug-likeness (QED) is 0.661. The van der Waals surface area contributed by atoms with Crippen LogP contribution in [-0.4, -0.2) is 32.8 Å². The van der Waals surface area contributed by atoms with Crippen molar-refractivity contribution in [1.29, 1.82) is 0 Å². The molecule has 2 rings (SSSR count). The van der Waals surface area contributed by atoms with E-state index in [4.69, 9.17) is 0 Å². The van der Waals surface area contributed by atoms with E-state index < -0.39 is 10.0 Å². The molecule has 0 amide bonds. The maximum Gasteiger partial charge on any atom is 0.211 e. The van der Waals surface area contributed by atoms with E-state index in [1.165, 1.54) is 12.8 Å². The molecule has 0 spiro atoms. The minimum atomic E-state index is -3.06. The number of unbranched alkanes of at least 4 members (excludes halogenated alkanes) is 1. The van der Waals surface area contributed by atoms with Crippen LogP contribution in [0.2, 0.25) is 0 Å². The molecule has 18 heavy (non-hydrogen) atoms. The predicted molar refractivity (Wildman–Crippen MR) is 74.0 cm³/mol. The van der Waals surface area contributed by atoms with Crippen molar-refractivity contribution in [3.63, 3.8) is 0 Å². The highest BCUT2D eigenvalue weighted by atomic mass is 32.2. The summed E-state index contributed by atoms with van der Waals surface area (Å²) >= 11 is 0. The van der Waals surface area contributed by atoms with E-state index in [1.807, 2.05) is 0 Å². The molecule has 2 atom stereocenters. The summed E-state index contributed by atoms with van der Waals surface area (Å²) in [5.74, 6) is 0.777. The van der Waals surface area contributed by atoms with E-state index >= 15 is 0 Å². The fraction of sp³-hybridized carbons (Fsp3) is 1.00. The Labute approximate surface area is 111 Å². The summed E-state index contributed by atoms with van der Waals surface area (Å²) in [6.45, 7) is 3.10. The molecule has 106 valence electrons.